The van der Waals surface area contributed by atoms with Crippen molar-refractivity contribution in [2.45, 2.75) is 0 Å². The van der Waals surface area contributed by atoms with E-state index in [4.69, 9.17) is 0 Å². The number of carbonyl (C=O) groups is 2. The molecule has 0 unspecified atom stereocenters. The summed E-state index contributed by atoms with van der Waals surface area (Å²) >= 11 is 3.41. The van der Waals surface area contributed by atoms with Gasteiger partial charge >= 0.3 is 0 Å². The Morgan fingerprint density at radius 1 is 0.912 bits per heavy atom. The van der Waals surface area contributed by atoms with Crippen LogP contribution < -0.4 is 10.6 Å². The number of carbonyl (C=O) groups excluding carboxylic acids is 2. The smallest absolute Gasteiger partial charge is 0.272 e. The summed E-state index contributed by atoms with van der Waals surface area (Å²) in [7, 11) is 0. The SMILES string of the molecule is O=C(Nc1ccc(Br)cc1-c1nn[nH]n1)c1cc2cccc(NC(=O)c3ccccc3O)c2[nH]1. The highest BCUT2D eigenvalue weighted by Crippen LogP contribution is 2.30. The van der Waals surface area contributed by atoms with Crippen LogP contribution in [-0.2, 0) is 0 Å². The van der Waals surface area contributed by atoms with Gasteiger partial charge in [0.2, 0.25) is 5.82 Å². The summed E-state index contributed by atoms with van der Waals surface area (Å²) in [6.45, 7) is 0. The number of nitrogens with zero attached hydrogens (tertiary/aromatic N) is 3. The lowest BCUT2D eigenvalue weighted by Crippen LogP contribution is -2.13. The molecule has 10 nitrogen and oxygen atoms in total. The number of phenolic OH excluding ortho intramolecular Hbond substituents is 1. The largest absolute Gasteiger partial charge is 0.507 e. The average Bonchev–Trinajstić information content (AvgIpc) is 3.51. The van der Waals surface area contributed by atoms with E-state index < -0.39 is 5.91 Å². The number of para-hydroxylation sites is 2. The number of aromatic hydroxyl groups is 1. The molecule has 168 valence electrons. The van der Waals surface area contributed by atoms with Crippen LogP contribution in [0.4, 0.5) is 11.4 Å². The molecular weight excluding hydrogens is 502 g/mol. The van der Waals surface area contributed by atoms with Crippen LogP contribution in [0.5, 0.6) is 5.75 Å². The van der Waals surface area contributed by atoms with Gasteiger partial charge in [0, 0.05) is 15.4 Å². The molecule has 2 aromatic heterocycles. The fraction of sp³-hybridized carbons (Fsp3) is 0. The van der Waals surface area contributed by atoms with E-state index in [0.717, 1.165) is 9.86 Å². The second kappa shape index (κ2) is 8.79. The lowest BCUT2D eigenvalue weighted by atomic mass is 10.1. The number of hydrogen-bond acceptors (Lipinski definition) is 6. The van der Waals surface area contributed by atoms with Gasteiger partial charge in [-0.15, -0.1) is 10.2 Å². The van der Waals surface area contributed by atoms with Gasteiger partial charge in [-0.25, -0.2) is 0 Å². The summed E-state index contributed by atoms with van der Waals surface area (Å²) in [5.41, 5.74) is 2.57. The van der Waals surface area contributed by atoms with E-state index in [2.05, 4.69) is 52.2 Å². The Bertz CT molecular complexity index is 1530. The van der Waals surface area contributed by atoms with Gasteiger partial charge in [0.1, 0.15) is 11.4 Å². The van der Waals surface area contributed by atoms with Gasteiger partial charge in [-0.05, 0) is 47.7 Å². The predicted octanol–water partition coefficient (Wildman–Crippen LogP) is 4.32. The van der Waals surface area contributed by atoms with E-state index in [1.54, 1.807) is 48.5 Å². The number of anilines is 2. The summed E-state index contributed by atoms with van der Waals surface area (Å²) < 4.78 is 0.792. The predicted molar refractivity (Wildman–Crippen MR) is 130 cm³/mol. The van der Waals surface area contributed by atoms with E-state index in [9.17, 15) is 14.7 Å². The van der Waals surface area contributed by atoms with Gasteiger partial charge in [-0.2, -0.15) is 5.21 Å². The van der Waals surface area contributed by atoms with Crippen molar-refractivity contribution in [1.29, 1.82) is 0 Å². The minimum Gasteiger partial charge on any atom is -0.507 e. The summed E-state index contributed by atoms with van der Waals surface area (Å²) in [5, 5.41) is 30.3. The summed E-state index contributed by atoms with van der Waals surface area (Å²) in [4.78, 5) is 28.8. The maximum absolute atomic E-state index is 13.1. The van der Waals surface area contributed by atoms with Crippen LogP contribution in [0.2, 0.25) is 0 Å². The second-order valence-corrected chi connectivity index (χ2v) is 8.22. The minimum atomic E-state index is -0.467. The molecule has 0 aliphatic carbocycles. The molecule has 5 rings (SSSR count). The summed E-state index contributed by atoms with van der Waals surface area (Å²) in [6, 6.07) is 18.5. The monoisotopic (exact) mass is 517 g/mol. The van der Waals surface area contributed by atoms with Gasteiger partial charge in [0.15, 0.2) is 0 Å². The first kappa shape index (κ1) is 21.3. The number of hydrogen-bond donors (Lipinski definition) is 5. The number of benzene rings is 3. The van der Waals surface area contributed by atoms with Gasteiger partial charge in [0.25, 0.3) is 11.8 Å². The highest BCUT2D eigenvalue weighted by molar-refractivity contribution is 9.10. The minimum absolute atomic E-state index is 0.120. The zero-order valence-electron chi connectivity index (χ0n) is 17.3. The molecule has 0 spiro atoms. The molecule has 0 saturated carbocycles. The van der Waals surface area contributed by atoms with E-state index in [1.807, 2.05) is 6.07 Å². The number of rotatable bonds is 5. The molecule has 0 radical (unpaired) electrons. The first-order chi connectivity index (χ1) is 16.5. The maximum Gasteiger partial charge on any atom is 0.272 e. The van der Waals surface area contributed by atoms with E-state index in [1.165, 1.54) is 12.1 Å². The Morgan fingerprint density at radius 3 is 2.53 bits per heavy atom. The van der Waals surface area contributed by atoms with Crippen LogP contribution in [0.1, 0.15) is 20.8 Å². The zero-order valence-corrected chi connectivity index (χ0v) is 18.9. The number of nitrogens with one attached hydrogen (secondary N) is 4. The van der Waals surface area contributed by atoms with Crippen LogP contribution in [0, 0.1) is 0 Å². The van der Waals surface area contributed by atoms with Crippen molar-refractivity contribution in [3.8, 4) is 17.1 Å². The quantitative estimate of drug-likeness (QED) is 0.234. The van der Waals surface area contributed by atoms with Gasteiger partial charge in [-0.3, -0.25) is 9.59 Å². The number of aromatic nitrogens is 5. The molecule has 5 aromatic rings. The van der Waals surface area contributed by atoms with Crippen LogP contribution >= 0.6 is 15.9 Å². The van der Waals surface area contributed by atoms with Crippen LogP contribution in [-0.4, -0.2) is 42.5 Å². The van der Waals surface area contributed by atoms with Crippen molar-refractivity contribution in [3.63, 3.8) is 0 Å². The fourth-order valence-electron chi connectivity index (χ4n) is 3.51. The summed E-state index contributed by atoms with van der Waals surface area (Å²) in [6.07, 6.45) is 0. The van der Waals surface area contributed by atoms with E-state index >= 15 is 0 Å². The van der Waals surface area contributed by atoms with Crippen molar-refractivity contribution in [1.82, 2.24) is 25.6 Å². The van der Waals surface area contributed by atoms with Gasteiger partial charge in [-0.1, -0.05) is 40.2 Å². The first-order valence-electron chi connectivity index (χ1n) is 10.1. The molecule has 2 heterocycles. The Hall–Kier alpha value is -4.51. The summed E-state index contributed by atoms with van der Waals surface area (Å²) in [5.74, 6) is -0.639. The van der Waals surface area contributed by atoms with Crippen LogP contribution in [0.3, 0.4) is 0 Å². The second-order valence-electron chi connectivity index (χ2n) is 7.30. The number of tetrazole rings is 1. The molecular formula is C23H16BrN7O3. The van der Waals surface area contributed by atoms with Crippen LogP contribution in [0.25, 0.3) is 22.3 Å². The molecule has 5 N–H and O–H groups in total. The topological polar surface area (TPSA) is 149 Å². The van der Waals surface area contributed by atoms with Gasteiger partial charge in [0.05, 0.1) is 22.5 Å². The Labute approximate surface area is 200 Å². The lowest BCUT2D eigenvalue weighted by molar-refractivity contribution is 0.101. The zero-order chi connectivity index (χ0) is 23.7. The normalized spacial score (nSPS) is 10.9. The number of phenols is 1. The molecule has 0 saturated heterocycles. The Morgan fingerprint density at radius 2 is 1.74 bits per heavy atom. The molecule has 0 aliphatic heterocycles. The number of amides is 2. The molecule has 0 aliphatic rings. The number of H-pyrrole nitrogens is 2. The molecule has 3 aromatic carbocycles. The lowest BCUT2D eigenvalue weighted by Gasteiger charge is -2.09. The number of halogens is 1. The van der Waals surface area contributed by atoms with E-state index in [0.29, 0.717) is 34.0 Å². The third kappa shape index (κ3) is 4.11. The van der Waals surface area contributed by atoms with Crippen molar-refractivity contribution < 1.29 is 14.7 Å². The van der Waals surface area contributed by atoms with Crippen LogP contribution in [0.15, 0.2) is 71.2 Å². The number of aromatic amines is 2. The van der Waals surface area contributed by atoms with Crippen molar-refractivity contribution >= 4 is 50.0 Å². The third-order valence-electron chi connectivity index (χ3n) is 5.11. The molecule has 0 bridgehead atoms. The standard InChI is InChI=1S/C23H16BrN7O3/c24-13-8-9-16(15(11-13)21-28-30-31-29-21)26-23(34)18-10-12-4-3-6-17(20(12)25-18)27-22(33)14-5-1-2-7-19(14)32/h1-11,25,32H,(H,26,34)(H,27,33)(H,28,29,30,31). The van der Waals surface area contributed by atoms with Crippen molar-refractivity contribution in [2.75, 3.05) is 10.6 Å². The van der Waals surface area contributed by atoms with Gasteiger partial charge < -0.3 is 20.7 Å². The molecule has 0 fully saturated rings. The third-order valence-corrected chi connectivity index (χ3v) is 5.61. The Balaban J connectivity index is 1.43. The molecule has 2 amide bonds. The fourth-order valence-corrected chi connectivity index (χ4v) is 3.88. The van der Waals surface area contributed by atoms with Crippen molar-refractivity contribution in [2.24, 2.45) is 0 Å². The average molecular weight is 518 g/mol. The molecule has 11 heteroatoms. The highest BCUT2D eigenvalue weighted by Gasteiger charge is 2.17. The molecule has 0 atom stereocenters. The van der Waals surface area contributed by atoms with E-state index in [-0.39, 0.29) is 17.2 Å². The number of fused-ring (bicyclic) bond motifs is 1. The van der Waals surface area contributed by atoms with Crippen molar-refractivity contribution in [3.05, 3.63) is 82.5 Å². The molecule has 34 heavy (non-hydrogen) atoms. The Kier molecular flexibility index (Phi) is 5.52. The first-order valence-corrected chi connectivity index (χ1v) is 10.8. The maximum atomic E-state index is 13.1. The highest BCUT2D eigenvalue weighted by atomic mass is 79.9.